The van der Waals surface area contributed by atoms with E-state index < -0.39 is 21.8 Å². The lowest BCUT2D eigenvalue weighted by Gasteiger charge is -2.24. The number of sulfone groups is 1. The first-order chi connectivity index (χ1) is 12.2. The third kappa shape index (κ3) is 2.76. The minimum absolute atomic E-state index is 0.136. The molecule has 1 radical (unpaired) electrons. The van der Waals surface area contributed by atoms with Gasteiger partial charge in [-0.25, -0.2) is 13.2 Å². The Labute approximate surface area is 153 Å². The van der Waals surface area contributed by atoms with Crippen molar-refractivity contribution >= 4 is 27.5 Å². The number of benzene rings is 1. The van der Waals surface area contributed by atoms with Crippen LogP contribution in [-0.4, -0.2) is 55.9 Å². The van der Waals surface area contributed by atoms with Crippen molar-refractivity contribution in [1.29, 1.82) is 0 Å². The number of nitrogens with two attached hydrogens (primary N) is 1. The van der Waals surface area contributed by atoms with Crippen LogP contribution in [0.25, 0.3) is 0 Å². The van der Waals surface area contributed by atoms with Gasteiger partial charge in [-0.15, -0.1) is 0 Å². The van der Waals surface area contributed by atoms with Gasteiger partial charge in [0.2, 0.25) is 5.91 Å². The summed E-state index contributed by atoms with van der Waals surface area (Å²) in [7, 11) is -3.07. The van der Waals surface area contributed by atoms with E-state index in [9.17, 15) is 18.0 Å². The maximum Gasteiger partial charge on any atom is 0.325 e. The van der Waals surface area contributed by atoms with Gasteiger partial charge in [0, 0.05) is 23.9 Å². The molecule has 0 aromatic heterocycles. The number of amides is 3. The number of nitrogens with zero attached hydrogens (tertiary/aromatic N) is 2. The summed E-state index contributed by atoms with van der Waals surface area (Å²) in [6, 6.07) is 6.11. The van der Waals surface area contributed by atoms with E-state index in [1.807, 2.05) is 18.6 Å². The average molecular weight is 376 g/mol. The molecule has 1 aliphatic carbocycles. The van der Waals surface area contributed by atoms with Crippen LogP contribution >= 0.6 is 0 Å². The fraction of sp³-hybridized carbons (Fsp3) is 0.500. The topological polar surface area (TPSA) is 101 Å². The number of anilines is 1. The van der Waals surface area contributed by atoms with Crippen LogP contribution in [0.4, 0.5) is 10.5 Å². The SMILES string of the molecule is CS(=O)(=O)CC1(c2ccc(N3C(=O)N4CC[CH][C@@H]4C3C(N)=O)cc2)CC1. The number of hydrogen-bond donors (Lipinski definition) is 1. The van der Waals surface area contributed by atoms with E-state index in [2.05, 4.69) is 0 Å². The van der Waals surface area contributed by atoms with E-state index in [1.165, 1.54) is 11.2 Å². The van der Waals surface area contributed by atoms with Crippen molar-refractivity contribution in [2.24, 2.45) is 5.73 Å². The summed E-state index contributed by atoms with van der Waals surface area (Å²) in [6.07, 6.45) is 5.67. The van der Waals surface area contributed by atoms with Crippen LogP contribution in [0.15, 0.2) is 24.3 Å². The lowest BCUT2D eigenvalue weighted by Crippen LogP contribution is -2.46. The zero-order valence-electron chi connectivity index (χ0n) is 14.6. The summed E-state index contributed by atoms with van der Waals surface area (Å²) < 4.78 is 23.4. The van der Waals surface area contributed by atoms with Crippen LogP contribution in [0.2, 0.25) is 0 Å². The van der Waals surface area contributed by atoms with E-state index in [4.69, 9.17) is 5.73 Å². The Balaban J connectivity index is 1.63. The molecule has 3 amide bonds. The first-order valence-corrected chi connectivity index (χ1v) is 10.8. The van der Waals surface area contributed by atoms with E-state index in [0.29, 0.717) is 12.2 Å². The van der Waals surface area contributed by atoms with E-state index in [1.54, 1.807) is 17.0 Å². The molecule has 2 atom stereocenters. The van der Waals surface area contributed by atoms with Crippen LogP contribution in [0.3, 0.4) is 0 Å². The van der Waals surface area contributed by atoms with E-state index in [0.717, 1.165) is 24.8 Å². The summed E-state index contributed by atoms with van der Waals surface area (Å²) in [5.41, 5.74) is 6.84. The number of rotatable bonds is 5. The number of urea groups is 1. The summed E-state index contributed by atoms with van der Waals surface area (Å²) >= 11 is 0. The zero-order valence-corrected chi connectivity index (χ0v) is 15.4. The molecule has 1 aromatic rings. The number of carbonyl (C=O) groups excluding carboxylic acids is 2. The monoisotopic (exact) mass is 376 g/mol. The van der Waals surface area contributed by atoms with Crippen LogP contribution in [0, 0.1) is 6.42 Å². The normalized spacial score (nSPS) is 26.9. The lowest BCUT2D eigenvalue weighted by molar-refractivity contribution is -0.119. The lowest BCUT2D eigenvalue weighted by atomic mass is 9.97. The molecule has 26 heavy (non-hydrogen) atoms. The molecule has 4 rings (SSSR count). The van der Waals surface area contributed by atoms with Crippen molar-refractivity contribution in [3.8, 4) is 0 Å². The molecule has 8 heteroatoms. The highest BCUT2D eigenvalue weighted by molar-refractivity contribution is 7.90. The van der Waals surface area contributed by atoms with Gasteiger partial charge in [0.25, 0.3) is 0 Å². The molecule has 0 bridgehead atoms. The Morgan fingerprint density at radius 1 is 1.27 bits per heavy atom. The number of hydrogen-bond acceptors (Lipinski definition) is 4. The van der Waals surface area contributed by atoms with Crippen molar-refractivity contribution in [1.82, 2.24) is 4.90 Å². The largest absolute Gasteiger partial charge is 0.368 e. The second-order valence-electron chi connectivity index (χ2n) is 7.61. The van der Waals surface area contributed by atoms with Gasteiger partial charge in [-0.1, -0.05) is 12.1 Å². The quantitative estimate of drug-likeness (QED) is 0.823. The van der Waals surface area contributed by atoms with Crippen LogP contribution in [-0.2, 0) is 20.0 Å². The van der Waals surface area contributed by atoms with E-state index >= 15 is 0 Å². The molecule has 2 aliphatic heterocycles. The predicted molar refractivity (Wildman–Crippen MR) is 97.3 cm³/mol. The summed E-state index contributed by atoms with van der Waals surface area (Å²) in [5, 5.41) is 0. The fourth-order valence-corrected chi connectivity index (χ4v) is 5.76. The molecular formula is C18H22N3O4S. The van der Waals surface area contributed by atoms with Gasteiger partial charge in [-0.3, -0.25) is 9.69 Å². The maximum absolute atomic E-state index is 12.7. The smallest absolute Gasteiger partial charge is 0.325 e. The highest BCUT2D eigenvalue weighted by atomic mass is 32.2. The first kappa shape index (κ1) is 17.3. The molecule has 1 aromatic carbocycles. The molecular weight excluding hydrogens is 354 g/mol. The minimum atomic E-state index is -3.07. The standard InChI is InChI=1S/C18H22N3O4S/c1-26(24,25)11-18(8-9-18)12-4-6-13(7-5-12)21-15(16(19)22)14-3-2-10-20(14)17(21)23/h3-7,14-15H,2,8-11H2,1H3,(H2,19,22)/t14-,15?/m1/s1. The highest BCUT2D eigenvalue weighted by Crippen LogP contribution is 2.49. The average Bonchev–Trinajstić information content (AvgIpc) is 3.05. The fourth-order valence-electron chi connectivity index (χ4n) is 4.30. The van der Waals surface area contributed by atoms with Crippen molar-refractivity contribution < 1.29 is 18.0 Å². The van der Waals surface area contributed by atoms with Gasteiger partial charge < -0.3 is 10.6 Å². The van der Waals surface area contributed by atoms with Gasteiger partial charge in [0.05, 0.1) is 11.8 Å². The Hall–Kier alpha value is -2.09. The van der Waals surface area contributed by atoms with Gasteiger partial charge in [-0.05, 0) is 43.4 Å². The predicted octanol–water partition coefficient (Wildman–Crippen LogP) is 0.835. The second-order valence-corrected chi connectivity index (χ2v) is 9.75. The van der Waals surface area contributed by atoms with Gasteiger partial charge >= 0.3 is 6.03 Å². The third-order valence-electron chi connectivity index (χ3n) is 5.63. The molecule has 7 nitrogen and oxygen atoms in total. The first-order valence-electron chi connectivity index (χ1n) is 8.73. The Morgan fingerprint density at radius 3 is 2.46 bits per heavy atom. The van der Waals surface area contributed by atoms with Gasteiger partial charge in [0.15, 0.2) is 0 Å². The molecule has 2 N–H and O–H groups in total. The summed E-state index contributed by atoms with van der Waals surface area (Å²) in [5.74, 6) is -0.389. The van der Waals surface area contributed by atoms with Crippen LogP contribution < -0.4 is 10.6 Å². The van der Waals surface area contributed by atoms with E-state index in [-0.39, 0.29) is 23.2 Å². The molecule has 3 fully saturated rings. The number of carbonyl (C=O) groups is 2. The molecule has 0 spiro atoms. The Bertz CT molecular complexity index is 861. The van der Waals surface area contributed by atoms with Crippen molar-refractivity contribution in [3.63, 3.8) is 0 Å². The molecule has 2 saturated heterocycles. The highest BCUT2D eigenvalue weighted by Gasteiger charge is 2.51. The summed E-state index contributed by atoms with van der Waals surface area (Å²) in [6.45, 7) is 0.597. The number of fused-ring (bicyclic) bond motifs is 1. The maximum atomic E-state index is 12.7. The summed E-state index contributed by atoms with van der Waals surface area (Å²) in [4.78, 5) is 27.8. The molecule has 1 saturated carbocycles. The Kier molecular flexibility index (Phi) is 3.80. The van der Waals surface area contributed by atoms with Crippen molar-refractivity contribution in [2.45, 2.75) is 36.8 Å². The van der Waals surface area contributed by atoms with Crippen LogP contribution in [0.5, 0.6) is 0 Å². The van der Waals surface area contributed by atoms with Crippen molar-refractivity contribution in [2.75, 3.05) is 23.5 Å². The minimum Gasteiger partial charge on any atom is -0.368 e. The number of primary amides is 1. The van der Waals surface area contributed by atoms with Crippen LogP contribution in [0.1, 0.15) is 24.8 Å². The molecule has 3 aliphatic rings. The molecule has 139 valence electrons. The zero-order chi connectivity index (χ0) is 18.7. The molecule has 1 unspecified atom stereocenters. The molecule has 2 heterocycles. The van der Waals surface area contributed by atoms with Crippen molar-refractivity contribution in [3.05, 3.63) is 36.2 Å². The second kappa shape index (κ2) is 5.70. The van der Waals surface area contributed by atoms with Gasteiger partial charge in [-0.2, -0.15) is 0 Å². The third-order valence-corrected chi connectivity index (χ3v) is 6.71. The Morgan fingerprint density at radius 2 is 1.92 bits per heavy atom. The van der Waals surface area contributed by atoms with Gasteiger partial charge in [0.1, 0.15) is 15.9 Å².